The molecule has 3 aromatic rings. The highest BCUT2D eigenvalue weighted by Crippen LogP contribution is 2.40. The predicted octanol–water partition coefficient (Wildman–Crippen LogP) is 8.06. The second-order valence-corrected chi connectivity index (χ2v) is 10.9. The number of aromatic carboxylic acids is 1. The van der Waals surface area contributed by atoms with Crippen LogP contribution in [-0.4, -0.2) is 40.2 Å². The number of carbonyl (C=O) groups is 2. The number of halogens is 3. The van der Waals surface area contributed by atoms with E-state index in [2.05, 4.69) is 20.9 Å². The van der Waals surface area contributed by atoms with Gasteiger partial charge in [-0.2, -0.15) is 0 Å². The molecule has 0 atom stereocenters. The average Bonchev–Trinajstić information content (AvgIpc) is 3.19. The van der Waals surface area contributed by atoms with Gasteiger partial charge < -0.3 is 14.6 Å². The van der Waals surface area contributed by atoms with Crippen LogP contribution in [0.4, 0.5) is 5.69 Å². The molecule has 0 unspecified atom stereocenters. The van der Waals surface area contributed by atoms with E-state index < -0.39 is 5.97 Å². The fourth-order valence-corrected chi connectivity index (χ4v) is 5.63. The van der Waals surface area contributed by atoms with Crippen LogP contribution in [0.25, 0.3) is 6.08 Å². The number of nitrogens with zero attached hydrogens (tertiary/aromatic N) is 2. The number of carboxylic acids is 1. The van der Waals surface area contributed by atoms with E-state index in [4.69, 9.17) is 37.8 Å². The maximum absolute atomic E-state index is 13.1. The topological polar surface area (TPSA) is 88.4 Å². The van der Waals surface area contributed by atoms with E-state index >= 15 is 0 Å². The van der Waals surface area contributed by atoms with E-state index in [0.29, 0.717) is 54.9 Å². The lowest BCUT2D eigenvalue weighted by atomic mass is 10.1. The number of ether oxygens (including phenoxy) is 2. The Bertz CT molecular complexity index is 1480. The molecule has 11 heteroatoms. The summed E-state index contributed by atoms with van der Waals surface area (Å²) >= 11 is 17.0. The van der Waals surface area contributed by atoms with Gasteiger partial charge in [-0.1, -0.05) is 29.3 Å². The minimum atomic E-state index is -1.01. The second kappa shape index (κ2) is 12.9. The first kappa shape index (κ1) is 29.0. The minimum absolute atomic E-state index is 0.169. The number of thioether (sulfide) groups is 1. The number of hydrogen-bond acceptors (Lipinski definition) is 6. The monoisotopic (exact) mass is 648 g/mol. The van der Waals surface area contributed by atoms with Gasteiger partial charge >= 0.3 is 5.97 Å². The van der Waals surface area contributed by atoms with Gasteiger partial charge in [-0.15, -0.1) is 0 Å². The van der Waals surface area contributed by atoms with Crippen molar-refractivity contribution in [3.8, 4) is 11.5 Å². The van der Waals surface area contributed by atoms with E-state index in [-0.39, 0.29) is 18.1 Å². The Kier molecular flexibility index (Phi) is 9.61. The number of rotatable bonds is 9. The van der Waals surface area contributed by atoms with Crippen molar-refractivity contribution < 1.29 is 24.2 Å². The van der Waals surface area contributed by atoms with Crippen LogP contribution in [0.1, 0.15) is 35.3 Å². The molecule has 1 amide bonds. The molecule has 0 radical (unpaired) electrons. The average molecular weight is 650 g/mol. The van der Waals surface area contributed by atoms with Gasteiger partial charge in [0.1, 0.15) is 6.61 Å². The molecule has 39 heavy (non-hydrogen) atoms. The zero-order valence-corrected chi connectivity index (χ0v) is 24.8. The summed E-state index contributed by atoms with van der Waals surface area (Å²) in [5, 5.41) is 10.5. The van der Waals surface area contributed by atoms with Gasteiger partial charge in [0, 0.05) is 6.54 Å². The number of amides is 1. The minimum Gasteiger partial charge on any atom is -0.490 e. The Hall–Kier alpha value is -2.98. The molecule has 1 aliphatic rings. The van der Waals surface area contributed by atoms with E-state index in [1.165, 1.54) is 23.9 Å². The molecule has 0 spiro atoms. The lowest BCUT2D eigenvalue weighted by molar-refractivity contribution is -0.122. The number of benzene rings is 3. The standard InChI is InChI=1S/C28H23BrCl2N2O5S/c1-3-33-26(34)24(39-28(33)32-19-8-6-18(7-9-19)27(35)36)14-17-11-20(29)25(23(13-17)37-4-2)38-15-16-5-10-21(30)22(31)12-16/h5-14H,3-4,15H2,1-2H3,(H,35,36). The molecular formula is C28H23BrCl2N2O5S. The highest BCUT2D eigenvalue weighted by atomic mass is 79.9. The third-order valence-corrected chi connectivity index (χ3v) is 7.87. The third-order valence-electron chi connectivity index (χ3n) is 5.54. The predicted molar refractivity (Wildman–Crippen MR) is 160 cm³/mol. The summed E-state index contributed by atoms with van der Waals surface area (Å²) in [6.07, 6.45) is 1.78. The van der Waals surface area contributed by atoms with Gasteiger partial charge in [0.05, 0.1) is 37.3 Å². The first-order chi connectivity index (χ1) is 18.7. The van der Waals surface area contributed by atoms with Gasteiger partial charge in [-0.3, -0.25) is 9.69 Å². The quantitative estimate of drug-likeness (QED) is 0.236. The second-order valence-electron chi connectivity index (χ2n) is 8.21. The molecule has 1 fully saturated rings. The fraction of sp³-hybridized carbons (Fsp3) is 0.179. The molecule has 1 heterocycles. The SMILES string of the molecule is CCOc1cc(C=C2SC(=Nc3ccc(C(=O)O)cc3)N(CC)C2=O)cc(Br)c1OCc1ccc(Cl)c(Cl)c1. The number of carboxylic acid groups (broad SMARTS) is 1. The molecule has 1 aliphatic heterocycles. The number of aliphatic imine (C=N–C) groups is 1. The zero-order valence-electron chi connectivity index (χ0n) is 20.9. The molecule has 202 valence electrons. The van der Waals surface area contributed by atoms with Crippen molar-refractivity contribution in [2.24, 2.45) is 4.99 Å². The van der Waals surface area contributed by atoms with Crippen molar-refractivity contribution in [2.75, 3.05) is 13.2 Å². The van der Waals surface area contributed by atoms with Gasteiger partial charge in [0.15, 0.2) is 16.7 Å². The van der Waals surface area contributed by atoms with Gasteiger partial charge in [0.2, 0.25) is 0 Å². The van der Waals surface area contributed by atoms with Crippen LogP contribution in [-0.2, 0) is 11.4 Å². The Morgan fingerprint density at radius 1 is 1.08 bits per heavy atom. The summed E-state index contributed by atoms with van der Waals surface area (Å²) in [6, 6.07) is 15.1. The van der Waals surface area contributed by atoms with Crippen LogP contribution < -0.4 is 9.47 Å². The van der Waals surface area contributed by atoms with Gasteiger partial charge in [0.25, 0.3) is 5.91 Å². The van der Waals surface area contributed by atoms with Crippen molar-refractivity contribution in [3.05, 3.63) is 90.7 Å². The lowest BCUT2D eigenvalue weighted by Gasteiger charge is -2.15. The van der Waals surface area contributed by atoms with Crippen molar-refractivity contribution in [2.45, 2.75) is 20.5 Å². The summed E-state index contributed by atoms with van der Waals surface area (Å²) in [6.45, 7) is 4.86. The Balaban J connectivity index is 1.59. The highest BCUT2D eigenvalue weighted by Gasteiger charge is 2.32. The largest absolute Gasteiger partial charge is 0.490 e. The Labute approximate surface area is 248 Å². The molecule has 1 N–H and O–H groups in total. The summed E-state index contributed by atoms with van der Waals surface area (Å²) in [5.74, 6) is -0.132. The first-order valence-electron chi connectivity index (χ1n) is 11.9. The van der Waals surface area contributed by atoms with E-state index in [0.717, 1.165) is 11.1 Å². The number of carbonyl (C=O) groups excluding carboxylic acids is 1. The Morgan fingerprint density at radius 3 is 2.46 bits per heavy atom. The first-order valence-corrected chi connectivity index (χ1v) is 14.2. The van der Waals surface area contributed by atoms with Crippen molar-refractivity contribution in [1.82, 2.24) is 4.90 Å². The normalized spacial score (nSPS) is 15.3. The van der Waals surface area contributed by atoms with Crippen LogP contribution >= 0.6 is 50.9 Å². The van der Waals surface area contributed by atoms with Crippen LogP contribution in [0.5, 0.6) is 11.5 Å². The van der Waals surface area contributed by atoms with Crippen molar-refractivity contribution in [1.29, 1.82) is 0 Å². The molecule has 4 rings (SSSR count). The molecule has 7 nitrogen and oxygen atoms in total. The third kappa shape index (κ3) is 6.97. The summed E-state index contributed by atoms with van der Waals surface area (Å²) in [7, 11) is 0. The number of amidine groups is 1. The van der Waals surface area contributed by atoms with Crippen molar-refractivity contribution in [3.63, 3.8) is 0 Å². The summed E-state index contributed by atoms with van der Waals surface area (Å²) in [4.78, 5) is 30.9. The molecular weight excluding hydrogens is 627 g/mol. The van der Waals surface area contributed by atoms with Crippen LogP contribution in [0.3, 0.4) is 0 Å². The molecule has 0 aromatic heterocycles. The zero-order chi connectivity index (χ0) is 28.1. The van der Waals surface area contributed by atoms with Crippen LogP contribution in [0.2, 0.25) is 10.0 Å². The van der Waals surface area contributed by atoms with Crippen LogP contribution in [0.15, 0.2) is 69.0 Å². The highest BCUT2D eigenvalue weighted by molar-refractivity contribution is 9.10. The number of hydrogen-bond donors (Lipinski definition) is 1. The lowest BCUT2D eigenvalue weighted by Crippen LogP contribution is -2.28. The maximum Gasteiger partial charge on any atom is 0.335 e. The van der Waals surface area contributed by atoms with E-state index in [1.54, 1.807) is 35.2 Å². The summed E-state index contributed by atoms with van der Waals surface area (Å²) in [5.41, 5.74) is 2.31. The number of likely N-dealkylation sites (N-methyl/N-ethyl adjacent to an activating group) is 1. The summed E-state index contributed by atoms with van der Waals surface area (Å²) < 4.78 is 12.6. The molecule has 0 saturated carbocycles. The van der Waals surface area contributed by atoms with E-state index in [9.17, 15) is 9.59 Å². The smallest absolute Gasteiger partial charge is 0.335 e. The Morgan fingerprint density at radius 2 is 1.82 bits per heavy atom. The molecule has 3 aromatic carbocycles. The molecule has 0 bridgehead atoms. The van der Waals surface area contributed by atoms with E-state index in [1.807, 2.05) is 32.0 Å². The van der Waals surface area contributed by atoms with Crippen LogP contribution in [0, 0.1) is 0 Å². The van der Waals surface area contributed by atoms with Gasteiger partial charge in [-0.05, 0) is 107 Å². The van der Waals surface area contributed by atoms with Crippen molar-refractivity contribution >= 4 is 79.7 Å². The maximum atomic E-state index is 13.1. The van der Waals surface area contributed by atoms with Gasteiger partial charge in [-0.25, -0.2) is 9.79 Å². The fourth-order valence-electron chi connectivity index (χ4n) is 3.67. The molecule has 1 saturated heterocycles. The molecule has 0 aliphatic carbocycles.